The van der Waals surface area contributed by atoms with Gasteiger partial charge in [-0.3, -0.25) is 0 Å². The van der Waals surface area contributed by atoms with Gasteiger partial charge >= 0.3 is 6.61 Å². The van der Waals surface area contributed by atoms with Gasteiger partial charge in [0.15, 0.2) is 0 Å². The molecule has 1 aromatic rings. The number of hydrogen-bond acceptors (Lipinski definition) is 3. The Hall–Kier alpha value is -1.46. The molecule has 0 saturated carbocycles. The predicted molar refractivity (Wildman–Crippen MR) is 75.1 cm³/mol. The van der Waals surface area contributed by atoms with Crippen molar-refractivity contribution in [3.63, 3.8) is 0 Å². The first-order valence-electron chi connectivity index (χ1n) is 6.49. The number of alkyl halides is 2. The lowest BCUT2D eigenvalue weighted by Gasteiger charge is -2.15. The smallest absolute Gasteiger partial charge is 0.387 e. The van der Waals surface area contributed by atoms with Crippen LogP contribution in [-0.4, -0.2) is 26.4 Å². The molecule has 0 aliphatic rings. The Labute approximate surface area is 118 Å². The molecule has 0 saturated heterocycles. The molecule has 0 aliphatic carbocycles. The number of rotatable bonds is 9. The van der Waals surface area contributed by atoms with Crippen molar-refractivity contribution >= 4 is 0 Å². The van der Waals surface area contributed by atoms with Crippen molar-refractivity contribution in [3.8, 4) is 5.75 Å². The number of nitrogens with one attached hydrogen (secondary N) is 1. The largest absolute Gasteiger partial charge is 0.435 e. The van der Waals surface area contributed by atoms with Gasteiger partial charge in [-0.25, -0.2) is 0 Å². The Bertz CT molecular complexity index is 424. The van der Waals surface area contributed by atoms with Crippen molar-refractivity contribution in [2.75, 3.05) is 19.8 Å². The summed E-state index contributed by atoms with van der Waals surface area (Å²) in [6, 6.07) is 6.72. The Balaban J connectivity index is 2.38. The standard InChI is InChI=1S/C15H21F2NO2/c1-11(2)10-19-8-7-18-12(3)13-5-4-6-14(9-13)20-15(16)17/h4-6,9,12,15,18H,1,7-8,10H2,2-3H3. The van der Waals surface area contributed by atoms with Crippen molar-refractivity contribution < 1.29 is 18.3 Å². The van der Waals surface area contributed by atoms with E-state index in [1.165, 1.54) is 6.07 Å². The van der Waals surface area contributed by atoms with Crippen LogP contribution in [0.4, 0.5) is 8.78 Å². The van der Waals surface area contributed by atoms with E-state index in [2.05, 4.69) is 16.6 Å². The lowest BCUT2D eigenvalue weighted by Crippen LogP contribution is -2.23. The third-order valence-electron chi connectivity index (χ3n) is 2.63. The third kappa shape index (κ3) is 6.63. The topological polar surface area (TPSA) is 30.5 Å². The fourth-order valence-corrected chi connectivity index (χ4v) is 1.67. The van der Waals surface area contributed by atoms with E-state index in [0.29, 0.717) is 19.8 Å². The summed E-state index contributed by atoms with van der Waals surface area (Å²) in [7, 11) is 0. The first-order chi connectivity index (χ1) is 9.49. The molecule has 5 heteroatoms. The Morgan fingerprint density at radius 1 is 1.40 bits per heavy atom. The Morgan fingerprint density at radius 3 is 2.80 bits per heavy atom. The molecular formula is C15H21F2NO2. The summed E-state index contributed by atoms with van der Waals surface area (Å²) < 4.78 is 34.0. The molecule has 0 spiro atoms. The summed E-state index contributed by atoms with van der Waals surface area (Å²) in [4.78, 5) is 0. The molecule has 0 aliphatic heterocycles. The van der Waals surface area contributed by atoms with Gasteiger partial charge in [-0.05, 0) is 31.5 Å². The maximum atomic E-state index is 12.1. The van der Waals surface area contributed by atoms with Gasteiger partial charge in [0.05, 0.1) is 13.2 Å². The van der Waals surface area contributed by atoms with Gasteiger partial charge in [-0.1, -0.05) is 24.3 Å². The third-order valence-corrected chi connectivity index (χ3v) is 2.63. The molecule has 0 fully saturated rings. The van der Waals surface area contributed by atoms with Crippen LogP contribution in [0.5, 0.6) is 5.75 Å². The molecule has 1 unspecified atom stereocenters. The van der Waals surface area contributed by atoms with E-state index in [1.54, 1.807) is 12.1 Å². The van der Waals surface area contributed by atoms with Crippen LogP contribution in [0.1, 0.15) is 25.5 Å². The molecule has 0 bridgehead atoms. The molecular weight excluding hydrogens is 264 g/mol. The number of halogens is 2. The van der Waals surface area contributed by atoms with E-state index in [9.17, 15) is 8.78 Å². The van der Waals surface area contributed by atoms with Gasteiger partial charge in [0.25, 0.3) is 0 Å². The first-order valence-corrected chi connectivity index (χ1v) is 6.49. The zero-order valence-electron chi connectivity index (χ0n) is 11.9. The summed E-state index contributed by atoms with van der Waals surface area (Å²) in [6.45, 7) is 6.61. The molecule has 1 rings (SSSR count). The predicted octanol–water partition coefficient (Wildman–Crippen LogP) is 3.53. The first kappa shape index (κ1) is 16.6. The van der Waals surface area contributed by atoms with Gasteiger partial charge in [0, 0.05) is 12.6 Å². The highest BCUT2D eigenvalue weighted by Gasteiger charge is 2.08. The van der Waals surface area contributed by atoms with Gasteiger partial charge in [0.1, 0.15) is 5.75 Å². The minimum atomic E-state index is -2.80. The molecule has 0 amide bonds. The van der Waals surface area contributed by atoms with E-state index in [-0.39, 0.29) is 11.8 Å². The molecule has 1 aromatic carbocycles. The summed E-state index contributed by atoms with van der Waals surface area (Å²) in [5, 5.41) is 3.26. The second kappa shape index (κ2) is 8.66. The van der Waals surface area contributed by atoms with Crippen LogP contribution >= 0.6 is 0 Å². The summed E-state index contributed by atoms with van der Waals surface area (Å²) in [5.74, 6) is 0.171. The van der Waals surface area contributed by atoms with Crippen LogP contribution in [0.15, 0.2) is 36.4 Å². The average Bonchev–Trinajstić information content (AvgIpc) is 2.37. The van der Waals surface area contributed by atoms with Crippen LogP contribution < -0.4 is 10.1 Å². The number of benzene rings is 1. The van der Waals surface area contributed by atoms with Gasteiger partial charge in [-0.2, -0.15) is 8.78 Å². The fraction of sp³-hybridized carbons (Fsp3) is 0.467. The van der Waals surface area contributed by atoms with E-state index < -0.39 is 6.61 Å². The molecule has 0 heterocycles. The van der Waals surface area contributed by atoms with Crippen LogP contribution in [-0.2, 0) is 4.74 Å². The van der Waals surface area contributed by atoms with Crippen LogP contribution in [0.3, 0.4) is 0 Å². The van der Waals surface area contributed by atoms with Crippen LogP contribution in [0, 0.1) is 0 Å². The summed E-state index contributed by atoms with van der Waals surface area (Å²) in [6.07, 6.45) is 0. The molecule has 0 aromatic heterocycles. The second-order valence-corrected chi connectivity index (χ2v) is 4.64. The van der Waals surface area contributed by atoms with Gasteiger partial charge in [-0.15, -0.1) is 0 Å². The van der Waals surface area contributed by atoms with Crippen molar-refractivity contribution in [2.45, 2.75) is 26.5 Å². The van der Waals surface area contributed by atoms with E-state index >= 15 is 0 Å². The monoisotopic (exact) mass is 285 g/mol. The SMILES string of the molecule is C=C(C)COCCNC(C)c1cccc(OC(F)F)c1. The van der Waals surface area contributed by atoms with E-state index in [0.717, 1.165) is 11.1 Å². The molecule has 1 N–H and O–H groups in total. The van der Waals surface area contributed by atoms with Crippen LogP contribution in [0.25, 0.3) is 0 Å². The van der Waals surface area contributed by atoms with E-state index in [4.69, 9.17) is 4.74 Å². The highest BCUT2D eigenvalue weighted by Crippen LogP contribution is 2.20. The Morgan fingerprint density at radius 2 is 2.15 bits per heavy atom. The molecule has 20 heavy (non-hydrogen) atoms. The number of ether oxygens (including phenoxy) is 2. The normalized spacial score (nSPS) is 12.4. The molecule has 3 nitrogen and oxygen atoms in total. The maximum absolute atomic E-state index is 12.1. The maximum Gasteiger partial charge on any atom is 0.387 e. The zero-order chi connectivity index (χ0) is 15.0. The summed E-state index contributed by atoms with van der Waals surface area (Å²) in [5.41, 5.74) is 1.87. The van der Waals surface area contributed by atoms with Gasteiger partial charge in [0.2, 0.25) is 0 Å². The number of hydrogen-bond donors (Lipinski definition) is 1. The highest BCUT2D eigenvalue weighted by molar-refractivity contribution is 5.30. The zero-order valence-corrected chi connectivity index (χ0v) is 11.9. The van der Waals surface area contributed by atoms with E-state index in [1.807, 2.05) is 19.9 Å². The van der Waals surface area contributed by atoms with Crippen molar-refractivity contribution in [1.29, 1.82) is 0 Å². The van der Waals surface area contributed by atoms with Crippen molar-refractivity contribution in [3.05, 3.63) is 42.0 Å². The quantitative estimate of drug-likeness (QED) is 0.556. The van der Waals surface area contributed by atoms with Gasteiger partial charge < -0.3 is 14.8 Å². The second-order valence-electron chi connectivity index (χ2n) is 4.64. The summed E-state index contributed by atoms with van der Waals surface area (Å²) >= 11 is 0. The van der Waals surface area contributed by atoms with Crippen molar-refractivity contribution in [2.24, 2.45) is 0 Å². The molecule has 1 atom stereocenters. The van der Waals surface area contributed by atoms with Crippen molar-refractivity contribution in [1.82, 2.24) is 5.32 Å². The lowest BCUT2D eigenvalue weighted by atomic mass is 10.1. The average molecular weight is 285 g/mol. The Kier molecular flexibility index (Phi) is 7.18. The molecule has 112 valence electrons. The lowest BCUT2D eigenvalue weighted by molar-refractivity contribution is -0.0499. The minimum Gasteiger partial charge on any atom is -0.435 e. The fourth-order valence-electron chi connectivity index (χ4n) is 1.67. The molecule has 0 radical (unpaired) electrons. The highest BCUT2D eigenvalue weighted by atomic mass is 19.3. The minimum absolute atomic E-state index is 0.0321. The van der Waals surface area contributed by atoms with Crippen LogP contribution in [0.2, 0.25) is 0 Å².